The Morgan fingerprint density at radius 3 is 3.12 bits per heavy atom. The van der Waals surface area contributed by atoms with Crippen LogP contribution in [-0.4, -0.2) is 26.0 Å². The first-order chi connectivity index (χ1) is 8.16. The van der Waals surface area contributed by atoms with Gasteiger partial charge >= 0.3 is 0 Å². The molecule has 1 saturated carbocycles. The standard InChI is InChI=1S/C10H12N5OS/c11-7-10(3-4-10)15-6-8(13-14-15)2-1-5-17-9(12)16/h2,6H,1,3-5H2,(H2,12,16). The molecule has 1 amide bonds. The Morgan fingerprint density at radius 2 is 2.53 bits per heavy atom. The second-order valence-electron chi connectivity index (χ2n) is 3.89. The first-order valence-corrected chi connectivity index (χ1v) is 6.24. The third kappa shape index (κ3) is 2.77. The first-order valence-electron chi connectivity index (χ1n) is 5.26. The average molecular weight is 250 g/mol. The smallest absolute Gasteiger partial charge is 0.276 e. The molecule has 0 unspecified atom stereocenters. The Labute approximate surface area is 103 Å². The Morgan fingerprint density at radius 1 is 1.76 bits per heavy atom. The van der Waals surface area contributed by atoms with Crippen LogP contribution in [-0.2, 0) is 5.54 Å². The molecular weight excluding hydrogens is 238 g/mol. The second kappa shape index (κ2) is 4.75. The topological polar surface area (TPSA) is 97.6 Å². The van der Waals surface area contributed by atoms with Gasteiger partial charge in [-0.3, -0.25) is 4.79 Å². The fourth-order valence-electron chi connectivity index (χ4n) is 1.46. The molecule has 0 spiro atoms. The lowest BCUT2D eigenvalue weighted by atomic mass is 10.2. The van der Waals surface area contributed by atoms with Gasteiger partial charge in [0, 0.05) is 12.2 Å². The van der Waals surface area contributed by atoms with Gasteiger partial charge in [0.2, 0.25) is 0 Å². The number of aromatic nitrogens is 3. The summed E-state index contributed by atoms with van der Waals surface area (Å²) in [4.78, 5) is 10.5. The van der Waals surface area contributed by atoms with E-state index in [4.69, 9.17) is 11.0 Å². The van der Waals surface area contributed by atoms with Gasteiger partial charge in [0.25, 0.3) is 5.24 Å². The zero-order chi connectivity index (χ0) is 12.3. The van der Waals surface area contributed by atoms with Gasteiger partial charge in [-0.1, -0.05) is 17.0 Å². The third-order valence-electron chi connectivity index (χ3n) is 2.60. The molecule has 0 saturated heterocycles. The molecule has 7 heteroatoms. The molecule has 1 aliphatic carbocycles. The van der Waals surface area contributed by atoms with Gasteiger partial charge in [-0.25, -0.2) is 4.68 Å². The predicted molar refractivity (Wildman–Crippen MR) is 62.9 cm³/mol. The van der Waals surface area contributed by atoms with Crippen molar-refractivity contribution in [1.82, 2.24) is 15.0 Å². The van der Waals surface area contributed by atoms with Gasteiger partial charge in [-0.2, -0.15) is 5.26 Å². The number of nitrogens with two attached hydrogens (primary N) is 1. The van der Waals surface area contributed by atoms with Crippen LogP contribution in [0.1, 0.15) is 25.0 Å². The molecule has 0 aliphatic heterocycles. The number of hydrogen-bond donors (Lipinski definition) is 1. The van der Waals surface area contributed by atoms with E-state index < -0.39 is 5.54 Å². The van der Waals surface area contributed by atoms with E-state index in [0.717, 1.165) is 30.3 Å². The van der Waals surface area contributed by atoms with Crippen molar-refractivity contribution < 1.29 is 4.79 Å². The van der Waals surface area contributed by atoms with E-state index in [0.29, 0.717) is 12.2 Å². The van der Waals surface area contributed by atoms with Crippen LogP contribution in [0.25, 0.3) is 0 Å². The number of rotatable bonds is 5. The number of carbonyl (C=O) groups is 1. The van der Waals surface area contributed by atoms with E-state index in [1.807, 2.05) is 6.42 Å². The maximum Gasteiger partial charge on any atom is 0.276 e. The lowest BCUT2D eigenvalue weighted by Gasteiger charge is -2.02. The summed E-state index contributed by atoms with van der Waals surface area (Å²) >= 11 is 1.08. The molecule has 1 radical (unpaired) electrons. The first kappa shape index (κ1) is 11.9. The molecular formula is C10H12N5OS. The number of nitriles is 1. The van der Waals surface area contributed by atoms with Crippen LogP contribution in [0.5, 0.6) is 0 Å². The molecule has 1 aliphatic rings. The van der Waals surface area contributed by atoms with E-state index in [2.05, 4.69) is 16.4 Å². The van der Waals surface area contributed by atoms with E-state index in [-0.39, 0.29) is 5.24 Å². The van der Waals surface area contributed by atoms with Crippen molar-refractivity contribution in [1.29, 1.82) is 5.26 Å². The molecule has 17 heavy (non-hydrogen) atoms. The summed E-state index contributed by atoms with van der Waals surface area (Å²) in [5, 5.41) is 16.5. The summed E-state index contributed by atoms with van der Waals surface area (Å²) in [5.41, 5.74) is 5.28. The third-order valence-corrected chi connectivity index (χ3v) is 3.32. The van der Waals surface area contributed by atoms with Crippen molar-refractivity contribution in [3.05, 3.63) is 18.3 Å². The Hall–Kier alpha value is -1.55. The van der Waals surface area contributed by atoms with Crippen molar-refractivity contribution in [3.63, 3.8) is 0 Å². The SMILES string of the molecule is N#CC1(n2cc([CH]CCSC(N)=O)nn2)CC1. The molecule has 89 valence electrons. The summed E-state index contributed by atoms with van der Waals surface area (Å²) in [7, 11) is 0. The molecule has 1 aromatic heterocycles. The van der Waals surface area contributed by atoms with Gasteiger partial charge in [0.1, 0.15) is 0 Å². The highest BCUT2D eigenvalue weighted by atomic mass is 32.2. The van der Waals surface area contributed by atoms with Crippen LogP contribution in [0.4, 0.5) is 4.79 Å². The molecule has 2 rings (SSSR count). The number of hydrogen-bond acceptors (Lipinski definition) is 5. The minimum Gasteiger partial charge on any atom is -0.361 e. The van der Waals surface area contributed by atoms with Gasteiger partial charge in [-0.05, 0) is 19.3 Å². The fraction of sp³-hybridized carbons (Fsp3) is 0.500. The summed E-state index contributed by atoms with van der Waals surface area (Å²) in [6.07, 6.45) is 6.03. The van der Waals surface area contributed by atoms with Gasteiger partial charge in [-0.15, -0.1) is 5.10 Å². The number of amides is 1. The zero-order valence-corrected chi connectivity index (χ0v) is 9.98. The minimum absolute atomic E-state index is 0.372. The largest absolute Gasteiger partial charge is 0.361 e. The Bertz CT molecular complexity index is 460. The highest BCUT2D eigenvalue weighted by molar-refractivity contribution is 8.13. The zero-order valence-electron chi connectivity index (χ0n) is 9.17. The number of carbonyl (C=O) groups excluding carboxylic acids is 1. The molecule has 1 heterocycles. The molecule has 1 aromatic rings. The van der Waals surface area contributed by atoms with Crippen LogP contribution in [0.3, 0.4) is 0 Å². The Balaban J connectivity index is 1.83. The average Bonchev–Trinajstić information content (AvgIpc) is 2.97. The lowest BCUT2D eigenvalue weighted by molar-refractivity contribution is 0.267. The molecule has 0 bridgehead atoms. The normalized spacial score (nSPS) is 16.4. The predicted octanol–water partition coefficient (Wildman–Crippen LogP) is 1.05. The number of nitrogens with zero attached hydrogens (tertiary/aromatic N) is 4. The highest BCUT2D eigenvalue weighted by Crippen LogP contribution is 2.41. The molecule has 0 atom stereocenters. The number of thioether (sulfide) groups is 1. The van der Waals surface area contributed by atoms with Crippen molar-refractivity contribution in [2.75, 3.05) is 5.75 Å². The van der Waals surface area contributed by atoms with Crippen molar-refractivity contribution in [2.45, 2.75) is 24.8 Å². The molecule has 6 nitrogen and oxygen atoms in total. The lowest BCUT2D eigenvalue weighted by Crippen LogP contribution is -2.14. The Kier molecular flexibility index (Phi) is 3.33. The summed E-state index contributed by atoms with van der Waals surface area (Å²) in [6, 6.07) is 2.25. The minimum atomic E-state index is -0.457. The van der Waals surface area contributed by atoms with Crippen LogP contribution in [0, 0.1) is 17.8 Å². The van der Waals surface area contributed by atoms with E-state index in [1.165, 1.54) is 0 Å². The van der Waals surface area contributed by atoms with Gasteiger partial charge in [0.05, 0.1) is 18.0 Å². The maximum absolute atomic E-state index is 10.5. The van der Waals surface area contributed by atoms with Crippen molar-refractivity contribution in [3.8, 4) is 6.07 Å². The fourth-order valence-corrected chi connectivity index (χ4v) is 1.89. The second-order valence-corrected chi connectivity index (χ2v) is 4.99. The summed E-state index contributed by atoms with van der Waals surface area (Å²) in [6.45, 7) is 0. The molecule has 0 aromatic carbocycles. The molecule has 1 fully saturated rings. The van der Waals surface area contributed by atoms with Gasteiger partial charge in [0.15, 0.2) is 5.54 Å². The van der Waals surface area contributed by atoms with Crippen LogP contribution < -0.4 is 5.73 Å². The summed E-state index contributed by atoms with van der Waals surface area (Å²) < 4.78 is 1.63. The summed E-state index contributed by atoms with van der Waals surface area (Å²) in [5.74, 6) is 0.631. The van der Waals surface area contributed by atoms with E-state index >= 15 is 0 Å². The molecule has 2 N–H and O–H groups in total. The van der Waals surface area contributed by atoms with Crippen molar-refractivity contribution in [2.24, 2.45) is 5.73 Å². The van der Waals surface area contributed by atoms with Gasteiger partial charge < -0.3 is 5.73 Å². The quantitative estimate of drug-likeness (QED) is 0.787. The highest BCUT2D eigenvalue weighted by Gasteiger charge is 2.46. The van der Waals surface area contributed by atoms with Crippen LogP contribution in [0.2, 0.25) is 0 Å². The van der Waals surface area contributed by atoms with Crippen LogP contribution in [0.15, 0.2) is 6.20 Å². The monoisotopic (exact) mass is 250 g/mol. The maximum atomic E-state index is 10.5. The van der Waals surface area contributed by atoms with Crippen molar-refractivity contribution >= 4 is 17.0 Å². The number of primary amides is 1. The van der Waals surface area contributed by atoms with E-state index in [1.54, 1.807) is 10.9 Å². The van der Waals surface area contributed by atoms with Crippen LogP contribution >= 0.6 is 11.8 Å². The van der Waals surface area contributed by atoms with E-state index in [9.17, 15) is 4.79 Å².